The predicted molar refractivity (Wildman–Crippen MR) is 104 cm³/mol. The monoisotopic (exact) mass is 354 g/mol. The van der Waals surface area contributed by atoms with Crippen molar-refractivity contribution in [1.82, 2.24) is 4.98 Å². The van der Waals surface area contributed by atoms with E-state index in [-0.39, 0.29) is 11.5 Å². The molecule has 1 heterocycles. The Kier molecular flexibility index (Phi) is 4.18. The third-order valence-electron chi connectivity index (χ3n) is 4.42. The fourth-order valence-corrected chi connectivity index (χ4v) is 3.12. The first-order valence-electron chi connectivity index (χ1n) is 8.37. The smallest absolute Gasteiger partial charge is 0.269 e. The Hall–Kier alpha value is -3.86. The molecule has 0 radical (unpaired) electrons. The van der Waals surface area contributed by atoms with Gasteiger partial charge in [0.15, 0.2) is 5.78 Å². The Morgan fingerprint density at radius 1 is 0.852 bits per heavy atom. The van der Waals surface area contributed by atoms with Crippen LogP contribution in [0.25, 0.3) is 22.0 Å². The second-order valence-electron chi connectivity index (χ2n) is 6.06. The summed E-state index contributed by atoms with van der Waals surface area (Å²) in [6, 6.07) is 23.0. The molecule has 3 aromatic carbocycles. The molecular weight excluding hydrogens is 340 g/mol. The molecule has 0 fully saturated rings. The van der Waals surface area contributed by atoms with Gasteiger partial charge in [-0.2, -0.15) is 0 Å². The molecule has 0 aliphatic rings. The number of hydrogen-bond donors (Lipinski definition) is 0. The van der Waals surface area contributed by atoms with Crippen molar-refractivity contribution in [2.24, 2.45) is 0 Å². The second-order valence-corrected chi connectivity index (χ2v) is 6.06. The first-order valence-corrected chi connectivity index (χ1v) is 8.37. The van der Waals surface area contributed by atoms with Crippen LogP contribution in [-0.4, -0.2) is 15.7 Å². The minimum absolute atomic E-state index is 0.0496. The van der Waals surface area contributed by atoms with Crippen LogP contribution >= 0.6 is 0 Å². The van der Waals surface area contributed by atoms with Crippen LogP contribution < -0.4 is 0 Å². The fraction of sp³-hybridized carbons (Fsp3) is 0. The summed E-state index contributed by atoms with van der Waals surface area (Å²) < 4.78 is 0. The summed E-state index contributed by atoms with van der Waals surface area (Å²) in [6.07, 6.45) is 1.58. The summed E-state index contributed by atoms with van der Waals surface area (Å²) in [5.74, 6) is -0.220. The third-order valence-corrected chi connectivity index (χ3v) is 4.42. The van der Waals surface area contributed by atoms with Gasteiger partial charge in [-0.25, -0.2) is 0 Å². The molecule has 5 heteroatoms. The molecule has 130 valence electrons. The van der Waals surface area contributed by atoms with Gasteiger partial charge in [-0.15, -0.1) is 0 Å². The van der Waals surface area contributed by atoms with Crippen molar-refractivity contribution in [3.05, 3.63) is 106 Å². The first-order chi connectivity index (χ1) is 13.1. The van der Waals surface area contributed by atoms with Gasteiger partial charge in [0.2, 0.25) is 0 Å². The number of benzene rings is 3. The molecule has 0 saturated heterocycles. The van der Waals surface area contributed by atoms with E-state index in [2.05, 4.69) is 4.98 Å². The highest BCUT2D eigenvalue weighted by molar-refractivity contribution is 6.16. The van der Waals surface area contributed by atoms with Crippen LogP contribution in [0.5, 0.6) is 0 Å². The van der Waals surface area contributed by atoms with Crippen LogP contribution in [0.15, 0.2) is 85.1 Å². The molecule has 1 aromatic heterocycles. The van der Waals surface area contributed by atoms with Crippen molar-refractivity contribution in [2.45, 2.75) is 0 Å². The molecule has 0 amide bonds. The molecule has 4 rings (SSSR count). The number of pyridine rings is 1. The number of carbonyl (C=O) groups excluding carboxylic acids is 1. The van der Waals surface area contributed by atoms with Gasteiger partial charge in [0.25, 0.3) is 5.69 Å². The molecule has 27 heavy (non-hydrogen) atoms. The number of nitro groups is 1. The van der Waals surface area contributed by atoms with Gasteiger partial charge in [-0.1, -0.05) is 48.5 Å². The minimum Gasteiger partial charge on any atom is -0.289 e. The van der Waals surface area contributed by atoms with Crippen molar-refractivity contribution in [3.8, 4) is 11.1 Å². The number of non-ortho nitro benzene ring substituents is 1. The number of nitrogens with zero attached hydrogens (tertiary/aromatic N) is 2. The first kappa shape index (κ1) is 16.6. The van der Waals surface area contributed by atoms with Crippen molar-refractivity contribution < 1.29 is 9.72 Å². The van der Waals surface area contributed by atoms with Crippen molar-refractivity contribution in [3.63, 3.8) is 0 Å². The zero-order chi connectivity index (χ0) is 18.8. The van der Waals surface area contributed by atoms with Crippen LogP contribution in [0.4, 0.5) is 5.69 Å². The summed E-state index contributed by atoms with van der Waals surface area (Å²) in [7, 11) is 0. The fourth-order valence-electron chi connectivity index (χ4n) is 3.12. The van der Waals surface area contributed by atoms with E-state index in [1.54, 1.807) is 6.20 Å². The van der Waals surface area contributed by atoms with Gasteiger partial charge in [-0.3, -0.25) is 19.9 Å². The van der Waals surface area contributed by atoms with E-state index >= 15 is 0 Å². The maximum atomic E-state index is 13.2. The molecule has 0 atom stereocenters. The summed E-state index contributed by atoms with van der Waals surface area (Å²) in [5, 5.41) is 11.7. The highest BCUT2D eigenvalue weighted by atomic mass is 16.6. The Balaban J connectivity index is 1.91. The van der Waals surface area contributed by atoms with Gasteiger partial charge in [0.1, 0.15) is 0 Å². The number of ketones is 1. The Morgan fingerprint density at radius 2 is 1.52 bits per heavy atom. The molecule has 0 spiro atoms. The molecule has 0 bridgehead atoms. The molecule has 0 unspecified atom stereocenters. The summed E-state index contributed by atoms with van der Waals surface area (Å²) in [6.45, 7) is 0. The van der Waals surface area contributed by atoms with Gasteiger partial charge in [-0.05, 0) is 23.8 Å². The largest absolute Gasteiger partial charge is 0.289 e. The molecule has 0 saturated carbocycles. The molecule has 4 aromatic rings. The lowest BCUT2D eigenvalue weighted by Gasteiger charge is -2.12. The van der Waals surface area contributed by atoms with Gasteiger partial charge < -0.3 is 0 Å². The zero-order valence-electron chi connectivity index (χ0n) is 14.2. The van der Waals surface area contributed by atoms with Crippen LogP contribution in [-0.2, 0) is 0 Å². The maximum Gasteiger partial charge on any atom is 0.269 e. The minimum atomic E-state index is -0.485. The lowest BCUT2D eigenvalue weighted by Crippen LogP contribution is -2.05. The molecular formula is C22H14N2O3. The van der Waals surface area contributed by atoms with Crippen molar-refractivity contribution >= 4 is 22.4 Å². The van der Waals surface area contributed by atoms with Crippen molar-refractivity contribution in [2.75, 3.05) is 0 Å². The number of para-hydroxylation sites is 1. The normalized spacial score (nSPS) is 10.7. The van der Waals surface area contributed by atoms with E-state index in [4.69, 9.17) is 0 Å². The number of hydrogen-bond acceptors (Lipinski definition) is 4. The number of rotatable bonds is 4. The topological polar surface area (TPSA) is 73.1 Å². The van der Waals surface area contributed by atoms with Gasteiger partial charge in [0, 0.05) is 40.4 Å². The van der Waals surface area contributed by atoms with Gasteiger partial charge >= 0.3 is 0 Å². The van der Waals surface area contributed by atoms with Crippen molar-refractivity contribution in [1.29, 1.82) is 0 Å². The maximum absolute atomic E-state index is 13.2. The Morgan fingerprint density at radius 3 is 2.22 bits per heavy atom. The average Bonchev–Trinajstić information content (AvgIpc) is 2.73. The Bertz CT molecular complexity index is 1150. The SMILES string of the molecule is O=C(c1ccc([N+](=O)[O-])cc1)c1cnc2ccccc2c1-c1ccccc1. The van der Waals surface area contributed by atoms with E-state index in [0.717, 1.165) is 22.0 Å². The molecule has 0 aliphatic carbocycles. The number of carbonyl (C=O) groups is 1. The van der Waals surface area contributed by atoms with Crippen LogP contribution in [0.3, 0.4) is 0 Å². The second kappa shape index (κ2) is 6.80. The standard InChI is InChI=1S/C22H14N2O3/c25-22(16-10-12-17(13-11-16)24(26)27)19-14-23-20-9-5-4-8-18(20)21(19)15-6-2-1-3-7-15/h1-14H. The van der Waals surface area contributed by atoms with E-state index in [0.29, 0.717) is 11.1 Å². The molecule has 0 aliphatic heterocycles. The van der Waals surface area contributed by atoms with Crippen LogP contribution in [0.2, 0.25) is 0 Å². The molecule has 5 nitrogen and oxygen atoms in total. The van der Waals surface area contributed by atoms with E-state index in [1.165, 1.54) is 24.3 Å². The number of nitro benzene ring substituents is 1. The van der Waals surface area contributed by atoms with E-state index < -0.39 is 4.92 Å². The highest BCUT2D eigenvalue weighted by Gasteiger charge is 2.19. The predicted octanol–water partition coefficient (Wildman–Crippen LogP) is 5.04. The third kappa shape index (κ3) is 3.06. The quantitative estimate of drug-likeness (QED) is 0.292. The molecule has 0 N–H and O–H groups in total. The average molecular weight is 354 g/mol. The number of fused-ring (bicyclic) bond motifs is 1. The lowest BCUT2D eigenvalue weighted by molar-refractivity contribution is -0.384. The number of aromatic nitrogens is 1. The Labute approximate surface area is 155 Å². The van der Waals surface area contributed by atoms with Crippen LogP contribution in [0, 0.1) is 10.1 Å². The zero-order valence-corrected chi connectivity index (χ0v) is 14.2. The van der Waals surface area contributed by atoms with Gasteiger partial charge in [0.05, 0.1) is 10.4 Å². The van der Waals surface area contributed by atoms with Crippen LogP contribution in [0.1, 0.15) is 15.9 Å². The summed E-state index contributed by atoms with van der Waals surface area (Å²) in [5.41, 5.74) is 3.33. The van der Waals surface area contributed by atoms with E-state index in [1.807, 2.05) is 54.6 Å². The summed E-state index contributed by atoms with van der Waals surface area (Å²) in [4.78, 5) is 27.9. The summed E-state index contributed by atoms with van der Waals surface area (Å²) >= 11 is 0. The highest BCUT2D eigenvalue weighted by Crippen LogP contribution is 2.32. The van der Waals surface area contributed by atoms with E-state index in [9.17, 15) is 14.9 Å². The lowest BCUT2D eigenvalue weighted by atomic mass is 9.92.